The Morgan fingerprint density at radius 2 is 2.16 bits per heavy atom. The molecule has 0 radical (unpaired) electrons. The maximum absolute atomic E-state index is 12.2. The van der Waals surface area contributed by atoms with Crippen molar-refractivity contribution in [2.24, 2.45) is 0 Å². The molecule has 104 valence electrons. The van der Waals surface area contributed by atoms with Crippen molar-refractivity contribution in [2.45, 2.75) is 19.4 Å². The molecule has 0 saturated carbocycles. The molecule has 4 amide bonds. The minimum Gasteiger partial charge on any atom is -0.323 e. The molecule has 2 rings (SSSR count). The third-order valence-corrected chi connectivity index (χ3v) is 4.06. The van der Waals surface area contributed by atoms with Gasteiger partial charge in [-0.1, -0.05) is 6.92 Å². The largest absolute Gasteiger partial charge is 0.323 e. The van der Waals surface area contributed by atoms with E-state index in [1.807, 2.05) is 0 Å². The van der Waals surface area contributed by atoms with Crippen molar-refractivity contribution >= 4 is 35.4 Å². The van der Waals surface area contributed by atoms with Gasteiger partial charge in [0, 0.05) is 0 Å². The van der Waals surface area contributed by atoms with Crippen LogP contribution in [0, 0.1) is 0 Å². The number of piperazine rings is 1. The molecule has 2 heterocycles. The maximum Gasteiger partial charge on any atom is 0.249 e. The molecule has 0 aliphatic carbocycles. The van der Waals surface area contributed by atoms with Crippen molar-refractivity contribution in [1.82, 2.24) is 15.1 Å². The van der Waals surface area contributed by atoms with Crippen LogP contribution in [0.4, 0.5) is 0 Å². The fourth-order valence-corrected chi connectivity index (χ4v) is 3.03. The van der Waals surface area contributed by atoms with Crippen LogP contribution < -0.4 is 5.32 Å². The van der Waals surface area contributed by atoms with Crippen LogP contribution in [0.25, 0.3) is 0 Å². The Kier molecular flexibility index (Phi) is 4.08. The minimum atomic E-state index is -0.629. The fraction of sp³-hybridized carbons (Fsp3) is 0.636. The molecule has 1 atom stereocenters. The number of hydrogen-bond donors (Lipinski definition) is 1. The monoisotopic (exact) mass is 285 g/mol. The van der Waals surface area contributed by atoms with Crippen LogP contribution in [0.1, 0.15) is 13.3 Å². The number of hydrogen-bond acceptors (Lipinski definition) is 5. The summed E-state index contributed by atoms with van der Waals surface area (Å²) in [6.45, 7) is 1.58. The third kappa shape index (κ3) is 2.89. The van der Waals surface area contributed by atoms with E-state index in [1.165, 1.54) is 21.6 Å². The lowest BCUT2D eigenvalue weighted by molar-refractivity contribution is -0.151. The lowest BCUT2D eigenvalue weighted by Crippen LogP contribution is -2.60. The molecular weight excluding hydrogens is 270 g/mol. The number of carbonyl (C=O) groups is 4. The lowest BCUT2D eigenvalue weighted by Gasteiger charge is -2.34. The average Bonchev–Trinajstić information content (AvgIpc) is 2.74. The molecule has 1 N–H and O–H groups in total. The average molecular weight is 285 g/mol. The van der Waals surface area contributed by atoms with Crippen molar-refractivity contribution in [1.29, 1.82) is 0 Å². The zero-order chi connectivity index (χ0) is 14.0. The number of thioether (sulfide) groups is 1. The second-order valence-corrected chi connectivity index (χ2v) is 5.38. The maximum atomic E-state index is 12.2. The van der Waals surface area contributed by atoms with E-state index in [0.717, 1.165) is 0 Å². The Morgan fingerprint density at radius 1 is 1.42 bits per heavy atom. The Balaban J connectivity index is 2.05. The number of imide groups is 1. The first-order valence-corrected chi connectivity index (χ1v) is 7.17. The molecule has 0 aromatic heterocycles. The van der Waals surface area contributed by atoms with Gasteiger partial charge < -0.3 is 9.80 Å². The van der Waals surface area contributed by atoms with E-state index in [0.29, 0.717) is 18.1 Å². The van der Waals surface area contributed by atoms with E-state index in [-0.39, 0.29) is 24.9 Å². The van der Waals surface area contributed by atoms with Gasteiger partial charge in [-0.15, -0.1) is 11.8 Å². The van der Waals surface area contributed by atoms with E-state index in [9.17, 15) is 19.2 Å². The van der Waals surface area contributed by atoms with Crippen LogP contribution in [-0.2, 0) is 19.2 Å². The quantitative estimate of drug-likeness (QED) is 0.657. The van der Waals surface area contributed by atoms with E-state index in [2.05, 4.69) is 5.32 Å². The fourth-order valence-electron chi connectivity index (χ4n) is 2.13. The first-order chi connectivity index (χ1) is 9.02. The number of rotatable bonds is 3. The van der Waals surface area contributed by atoms with E-state index in [1.54, 1.807) is 6.92 Å². The van der Waals surface area contributed by atoms with Crippen molar-refractivity contribution in [3.63, 3.8) is 0 Å². The summed E-state index contributed by atoms with van der Waals surface area (Å²) < 4.78 is 0. The highest BCUT2D eigenvalue weighted by molar-refractivity contribution is 8.00. The second-order valence-electron chi connectivity index (χ2n) is 4.43. The predicted octanol–water partition coefficient (Wildman–Crippen LogP) is -1.22. The summed E-state index contributed by atoms with van der Waals surface area (Å²) >= 11 is 1.45. The number of nitrogens with one attached hydrogen (secondary N) is 1. The number of nitrogens with zero attached hydrogens (tertiary/aromatic N) is 2. The van der Waals surface area contributed by atoms with Gasteiger partial charge in [-0.05, 0) is 6.42 Å². The smallest absolute Gasteiger partial charge is 0.249 e. The van der Waals surface area contributed by atoms with E-state index in [4.69, 9.17) is 0 Å². The molecule has 7 nitrogen and oxygen atoms in total. The molecule has 2 aliphatic heterocycles. The molecular formula is C11H15N3O4S. The summed E-state index contributed by atoms with van der Waals surface area (Å²) in [4.78, 5) is 49.3. The summed E-state index contributed by atoms with van der Waals surface area (Å²) in [6, 6.07) is -0.629. The normalized spacial score (nSPS) is 23.8. The second kappa shape index (κ2) is 5.60. The van der Waals surface area contributed by atoms with Crippen molar-refractivity contribution < 1.29 is 19.2 Å². The van der Waals surface area contributed by atoms with Crippen LogP contribution >= 0.6 is 11.8 Å². The summed E-state index contributed by atoms with van der Waals surface area (Å²) in [5, 5.41) is 2.21. The van der Waals surface area contributed by atoms with Gasteiger partial charge in [0.1, 0.15) is 19.1 Å². The summed E-state index contributed by atoms with van der Waals surface area (Å²) in [7, 11) is 0. The van der Waals surface area contributed by atoms with E-state index >= 15 is 0 Å². The van der Waals surface area contributed by atoms with E-state index < -0.39 is 17.9 Å². The van der Waals surface area contributed by atoms with Crippen molar-refractivity contribution in [3.05, 3.63) is 0 Å². The Morgan fingerprint density at radius 3 is 2.74 bits per heavy atom. The topological polar surface area (TPSA) is 86.8 Å². The van der Waals surface area contributed by atoms with Crippen LogP contribution in [0.2, 0.25) is 0 Å². The zero-order valence-electron chi connectivity index (χ0n) is 10.5. The molecule has 0 aromatic carbocycles. The molecule has 0 aromatic rings. The Hall–Kier alpha value is -1.57. The van der Waals surface area contributed by atoms with Crippen LogP contribution in [0.15, 0.2) is 0 Å². The number of amides is 4. The van der Waals surface area contributed by atoms with Gasteiger partial charge in [-0.3, -0.25) is 24.5 Å². The summed E-state index contributed by atoms with van der Waals surface area (Å²) in [5.41, 5.74) is 0. The van der Waals surface area contributed by atoms with Crippen molar-refractivity contribution in [2.75, 3.05) is 24.7 Å². The number of carbonyl (C=O) groups excluding carboxylic acids is 4. The molecule has 8 heteroatoms. The molecule has 0 spiro atoms. The van der Waals surface area contributed by atoms with Gasteiger partial charge in [0.25, 0.3) is 0 Å². The van der Waals surface area contributed by atoms with Gasteiger partial charge in [0.15, 0.2) is 0 Å². The van der Waals surface area contributed by atoms with Gasteiger partial charge in [-0.2, -0.15) is 0 Å². The predicted molar refractivity (Wildman–Crippen MR) is 68.0 cm³/mol. The highest BCUT2D eigenvalue weighted by atomic mass is 32.2. The zero-order valence-corrected chi connectivity index (χ0v) is 11.4. The lowest BCUT2D eigenvalue weighted by atomic mass is 10.1. The summed E-state index contributed by atoms with van der Waals surface area (Å²) in [5.74, 6) is -0.510. The van der Waals surface area contributed by atoms with Gasteiger partial charge in [-0.25, -0.2) is 0 Å². The van der Waals surface area contributed by atoms with Gasteiger partial charge >= 0.3 is 0 Å². The highest BCUT2D eigenvalue weighted by Gasteiger charge is 2.36. The van der Waals surface area contributed by atoms with Crippen LogP contribution in [-0.4, -0.2) is 64.2 Å². The Labute approximate surface area is 114 Å². The SMILES string of the molecule is CCC1C(=O)NC(=O)CN1C(=O)CN1CSCC1=O. The molecule has 1 unspecified atom stereocenters. The molecule has 2 fully saturated rings. The summed E-state index contributed by atoms with van der Waals surface area (Å²) in [6.07, 6.45) is 0.438. The van der Waals surface area contributed by atoms with Gasteiger partial charge in [0.05, 0.1) is 11.6 Å². The standard InChI is InChI=1S/C11H15N3O4S/c1-2-7-11(18)12-8(15)3-14(7)9(16)4-13-6-19-5-10(13)17/h7H,2-6H2,1H3,(H,12,15,18). The van der Waals surface area contributed by atoms with Gasteiger partial charge in [0.2, 0.25) is 23.6 Å². The third-order valence-electron chi connectivity index (χ3n) is 3.11. The molecule has 2 saturated heterocycles. The van der Waals surface area contributed by atoms with Crippen LogP contribution in [0.3, 0.4) is 0 Å². The first kappa shape index (κ1) is 13.9. The minimum absolute atomic E-state index is 0.0666. The Bertz CT molecular complexity index is 440. The molecule has 0 bridgehead atoms. The molecule has 2 aliphatic rings. The van der Waals surface area contributed by atoms with Crippen LogP contribution in [0.5, 0.6) is 0 Å². The highest BCUT2D eigenvalue weighted by Crippen LogP contribution is 2.16. The van der Waals surface area contributed by atoms with Crippen molar-refractivity contribution in [3.8, 4) is 0 Å². The molecule has 19 heavy (non-hydrogen) atoms. The first-order valence-electron chi connectivity index (χ1n) is 6.01.